The monoisotopic (exact) mass is 307 g/mol. The number of rotatable bonds is 4. The van der Waals surface area contributed by atoms with E-state index in [-0.39, 0.29) is 12.5 Å². The van der Waals surface area contributed by atoms with Crippen molar-refractivity contribution >= 4 is 19.9 Å². The lowest BCUT2D eigenvalue weighted by Crippen LogP contribution is -2.41. The fourth-order valence-corrected chi connectivity index (χ4v) is 2.83. The molecule has 0 saturated carbocycles. The Bertz CT molecular complexity index is 716. The first-order valence-corrected chi connectivity index (χ1v) is 7.18. The minimum atomic E-state index is -1.48. The number of carbonyl (C=O) groups is 2. The van der Waals surface area contributed by atoms with E-state index in [1.807, 2.05) is 48.5 Å². The summed E-state index contributed by atoms with van der Waals surface area (Å²) >= 11 is 0. The summed E-state index contributed by atoms with van der Waals surface area (Å²) in [5.74, 6) is -2.88. The number of ether oxygens (including phenoxy) is 1. The van der Waals surface area contributed by atoms with E-state index < -0.39 is 18.0 Å². The molecular weight excluding hydrogens is 293 g/mol. The highest BCUT2D eigenvalue weighted by molar-refractivity contribution is 6.23. The van der Waals surface area contributed by atoms with Gasteiger partial charge in [-0.15, -0.1) is 0 Å². The number of fused-ring (bicyclic) bond motifs is 3. The van der Waals surface area contributed by atoms with Gasteiger partial charge >= 0.3 is 12.1 Å². The van der Waals surface area contributed by atoms with Crippen molar-refractivity contribution in [2.24, 2.45) is 0 Å². The summed E-state index contributed by atoms with van der Waals surface area (Å²) in [4.78, 5) is 22.3. The van der Waals surface area contributed by atoms with Gasteiger partial charge in [-0.1, -0.05) is 48.5 Å². The summed E-state index contributed by atoms with van der Waals surface area (Å²) in [6.45, 7) is 0.117. The second-order valence-corrected chi connectivity index (χ2v) is 5.29. The number of alkyl carbamates (subject to hydrolysis) is 1. The highest BCUT2D eigenvalue weighted by Crippen LogP contribution is 2.44. The molecule has 1 aliphatic rings. The van der Waals surface area contributed by atoms with Crippen molar-refractivity contribution in [3.63, 3.8) is 0 Å². The molecule has 0 aliphatic heterocycles. The molecule has 1 aliphatic carbocycles. The first-order chi connectivity index (χ1) is 11.1. The largest absolute Gasteiger partial charge is 0.480 e. The third kappa shape index (κ3) is 2.92. The summed E-state index contributed by atoms with van der Waals surface area (Å²) in [6, 6.07) is 15.9. The Morgan fingerprint density at radius 3 is 2.13 bits per heavy atom. The maximum atomic E-state index is 11.7. The Morgan fingerprint density at radius 1 is 1.09 bits per heavy atom. The predicted octanol–water partition coefficient (Wildman–Crippen LogP) is 2.10. The van der Waals surface area contributed by atoms with Crippen LogP contribution in [-0.2, 0) is 9.53 Å². The molecule has 23 heavy (non-hydrogen) atoms. The molecule has 3 rings (SSSR count). The number of hydrogen-bond donors (Lipinski definition) is 2. The molecule has 6 heteroatoms. The molecule has 0 saturated heterocycles. The fraction of sp³-hybridized carbons (Fsp3) is 0.176. The quantitative estimate of drug-likeness (QED) is 0.848. The third-order valence-electron chi connectivity index (χ3n) is 3.88. The molecule has 0 bridgehead atoms. The minimum Gasteiger partial charge on any atom is -0.480 e. The van der Waals surface area contributed by atoms with Crippen molar-refractivity contribution in [3.05, 3.63) is 59.7 Å². The molecule has 2 radical (unpaired) electrons. The summed E-state index contributed by atoms with van der Waals surface area (Å²) in [7, 11) is 5.24. The van der Waals surface area contributed by atoms with Crippen molar-refractivity contribution in [2.45, 2.75) is 11.9 Å². The number of nitrogens with one attached hydrogen (secondary N) is 1. The van der Waals surface area contributed by atoms with Crippen LogP contribution in [-0.4, -0.2) is 37.6 Å². The zero-order valence-corrected chi connectivity index (χ0v) is 12.2. The van der Waals surface area contributed by atoms with Gasteiger partial charge in [0, 0.05) is 5.92 Å². The van der Waals surface area contributed by atoms with E-state index in [1.165, 1.54) is 0 Å². The van der Waals surface area contributed by atoms with Crippen molar-refractivity contribution in [2.75, 3.05) is 6.61 Å². The molecule has 1 unspecified atom stereocenters. The Kier molecular flexibility index (Phi) is 4.06. The van der Waals surface area contributed by atoms with Crippen molar-refractivity contribution < 1.29 is 19.4 Å². The van der Waals surface area contributed by atoms with Gasteiger partial charge in [0.2, 0.25) is 0 Å². The first kappa shape index (κ1) is 15.2. The van der Waals surface area contributed by atoms with Crippen LogP contribution in [0.4, 0.5) is 4.79 Å². The number of carboxylic acids is 1. The van der Waals surface area contributed by atoms with Gasteiger partial charge in [0.25, 0.3) is 0 Å². The number of amides is 1. The zero-order valence-electron chi connectivity index (χ0n) is 12.2. The second kappa shape index (κ2) is 6.16. The summed E-state index contributed by atoms with van der Waals surface area (Å²) in [5, 5.41) is 10.7. The number of hydrogen-bond acceptors (Lipinski definition) is 3. The molecule has 1 amide bonds. The Balaban J connectivity index is 1.76. The predicted molar refractivity (Wildman–Crippen MR) is 85.4 cm³/mol. The van der Waals surface area contributed by atoms with Crippen LogP contribution in [0.25, 0.3) is 11.1 Å². The average Bonchev–Trinajstić information content (AvgIpc) is 2.87. The molecule has 0 spiro atoms. The molecule has 0 aromatic heterocycles. The second-order valence-electron chi connectivity index (χ2n) is 5.29. The van der Waals surface area contributed by atoms with Crippen molar-refractivity contribution in [1.29, 1.82) is 0 Å². The van der Waals surface area contributed by atoms with E-state index in [1.54, 1.807) is 0 Å². The smallest absolute Gasteiger partial charge is 0.407 e. The van der Waals surface area contributed by atoms with Crippen molar-refractivity contribution in [1.82, 2.24) is 5.32 Å². The normalized spacial score (nSPS) is 13.7. The SMILES string of the molecule is [B]C(NC(=O)OCC1c2ccccc2-c2ccccc21)C(=O)O. The van der Waals surface area contributed by atoms with E-state index in [0.29, 0.717) is 0 Å². The lowest BCUT2D eigenvalue weighted by atomic mass is 9.97. The highest BCUT2D eigenvalue weighted by Gasteiger charge is 2.29. The van der Waals surface area contributed by atoms with Gasteiger partial charge in [-0.05, 0) is 22.3 Å². The maximum absolute atomic E-state index is 11.7. The van der Waals surface area contributed by atoms with Crippen LogP contribution in [0.15, 0.2) is 48.5 Å². The molecule has 5 nitrogen and oxygen atoms in total. The topological polar surface area (TPSA) is 75.6 Å². The standard InChI is InChI=1S/C17H14BNO4/c18-15(16(20)21)19-17(22)23-9-14-12-7-3-1-5-10(12)11-6-2-4-8-13(11)14/h1-8,14-15H,9H2,(H,19,22)(H,20,21). The molecule has 2 aromatic rings. The summed E-state index contributed by atoms with van der Waals surface area (Å²) in [5.41, 5.74) is 4.42. The molecule has 0 heterocycles. The summed E-state index contributed by atoms with van der Waals surface area (Å²) in [6.07, 6.45) is -0.846. The van der Waals surface area contributed by atoms with Crippen molar-refractivity contribution in [3.8, 4) is 11.1 Å². The third-order valence-corrected chi connectivity index (χ3v) is 3.88. The highest BCUT2D eigenvalue weighted by atomic mass is 16.5. The van der Waals surface area contributed by atoms with Crippen LogP contribution in [0.5, 0.6) is 0 Å². The van der Waals surface area contributed by atoms with E-state index in [4.69, 9.17) is 17.7 Å². The van der Waals surface area contributed by atoms with E-state index in [9.17, 15) is 9.59 Å². The van der Waals surface area contributed by atoms with Gasteiger partial charge in [0.1, 0.15) is 14.5 Å². The van der Waals surface area contributed by atoms with Crippen LogP contribution >= 0.6 is 0 Å². The first-order valence-electron chi connectivity index (χ1n) is 7.18. The molecule has 0 fully saturated rings. The van der Waals surface area contributed by atoms with Crippen LogP contribution in [0.1, 0.15) is 17.0 Å². The van der Waals surface area contributed by atoms with Gasteiger partial charge in [-0.25, -0.2) is 4.79 Å². The van der Waals surface area contributed by atoms with Crippen LogP contribution in [0, 0.1) is 0 Å². The molecule has 1 atom stereocenters. The molecular formula is C17H14BNO4. The lowest BCUT2D eigenvalue weighted by molar-refractivity contribution is -0.137. The van der Waals surface area contributed by atoms with Crippen LogP contribution in [0.3, 0.4) is 0 Å². The zero-order chi connectivity index (χ0) is 16.4. The number of carboxylic acid groups (broad SMARTS) is 1. The summed E-state index contributed by atoms with van der Waals surface area (Å²) < 4.78 is 5.17. The number of carbonyl (C=O) groups excluding carboxylic acids is 1. The average molecular weight is 307 g/mol. The van der Waals surface area contributed by atoms with Crippen LogP contribution in [0.2, 0.25) is 0 Å². The molecule has 114 valence electrons. The van der Waals surface area contributed by atoms with Crippen LogP contribution < -0.4 is 5.32 Å². The number of benzene rings is 2. The fourth-order valence-electron chi connectivity index (χ4n) is 2.83. The van der Waals surface area contributed by atoms with E-state index in [2.05, 4.69) is 5.32 Å². The number of aliphatic carboxylic acids is 1. The minimum absolute atomic E-state index is 0.0748. The Labute approximate surface area is 134 Å². The molecule has 2 aromatic carbocycles. The van der Waals surface area contributed by atoms with Gasteiger partial charge in [0.15, 0.2) is 0 Å². The lowest BCUT2D eigenvalue weighted by Gasteiger charge is -2.15. The van der Waals surface area contributed by atoms with Gasteiger partial charge in [0.05, 0.1) is 5.94 Å². The van der Waals surface area contributed by atoms with Gasteiger partial charge < -0.3 is 15.2 Å². The van der Waals surface area contributed by atoms with Gasteiger partial charge in [-0.2, -0.15) is 0 Å². The Hall–Kier alpha value is -2.76. The maximum Gasteiger partial charge on any atom is 0.407 e. The Morgan fingerprint density at radius 2 is 1.61 bits per heavy atom. The van der Waals surface area contributed by atoms with E-state index in [0.717, 1.165) is 22.3 Å². The van der Waals surface area contributed by atoms with Gasteiger partial charge in [-0.3, -0.25) is 4.79 Å². The molecule has 2 N–H and O–H groups in total. The van der Waals surface area contributed by atoms with E-state index >= 15 is 0 Å².